The summed E-state index contributed by atoms with van der Waals surface area (Å²) in [6, 6.07) is 0. The molecule has 0 unspecified atom stereocenters. The first-order valence-electron chi connectivity index (χ1n) is 1.87. The zero-order chi connectivity index (χ0) is 7.28. The molecule has 0 aromatic heterocycles. The third-order valence-corrected chi connectivity index (χ3v) is 0.988. The summed E-state index contributed by atoms with van der Waals surface area (Å²) in [4.78, 5) is 39.0. The molecule has 48 valence electrons. The molecule has 0 bridgehead atoms. The van der Waals surface area contributed by atoms with Crippen LogP contribution in [0.25, 0.3) is 0 Å². The summed E-state index contributed by atoms with van der Waals surface area (Å²) < 4.78 is 0. The lowest BCUT2D eigenvalue weighted by molar-refractivity contribution is -0.126. The third kappa shape index (κ3) is 3.60. The Morgan fingerprint density at radius 3 is 1.56 bits per heavy atom. The summed E-state index contributed by atoms with van der Waals surface area (Å²) in [5.74, 6) is 0. The number of carbonyl (C=O) groups is 4. The highest BCUT2D eigenvalue weighted by atomic mass is 32.2. The van der Waals surface area contributed by atoms with Gasteiger partial charge in [-0.3, -0.25) is 19.2 Å². The fourth-order valence-electron chi connectivity index (χ4n) is 0.147. The Bertz CT molecular complexity index is 144. The van der Waals surface area contributed by atoms with Gasteiger partial charge in [-0.2, -0.15) is 0 Å². The van der Waals surface area contributed by atoms with Gasteiger partial charge in [0.25, 0.3) is 10.2 Å². The summed E-state index contributed by atoms with van der Waals surface area (Å²) in [7, 11) is 0. The largest absolute Gasteiger partial charge is 0.294 e. The normalized spacial score (nSPS) is 8.00. The molecule has 0 N–H and O–H groups in total. The van der Waals surface area contributed by atoms with Gasteiger partial charge in [-0.05, 0) is 0 Å². The van der Waals surface area contributed by atoms with Crippen LogP contribution in [0.2, 0.25) is 0 Å². The molecule has 0 aliphatic carbocycles. The summed E-state index contributed by atoms with van der Waals surface area (Å²) in [5, 5.41) is -1.90. The fraction of sp³-hybridized carbons (Fsp3) is 0. The Morgan fingerprint density at radius 2 is 1.33 bits per heavy atom. The van der Waals surface area contributed by atoms with E-state index in [4.69, 9.17) is 0 Å². The molecule has 4 nitrogen and oxygen atoms in total. The van der Waals surface area contributed by atoms with E-state index in [-0.39, 0.29) is 24.3 Å². The number of hydrogen-bond donors (Lipinski definition) is 0. The molecule has 0 aromatic rings. The monoisotopic (exact) mass is 146 g/mol. The number of carbonyl (C=O) groups excluding carboxylic acids is 4. The zero-order valence-corrected chi connectivity index (χ0v) is 5.01. The smallest absolute Gasteiger partial charge is 0.259 e. The molecule has 0 atom stereocenters. The van der Waals surface area contributed by atoms with Crippen molar-refractivity contribution in [2.45, 2.75) is 0 Å². The number of aldehydes is 2. The van der Waals surface area contributed by atoms with Crippen molar-refractivity contribution in [2.75, 3.05) is 0 Å². The third-order valence-electron chi connectivity index (χ3n) is 0.394. The van der Waals surface area contributed by atoms with Crippen LogP contribution in [0, 0.1) is 0 Å². The predicted octanol–water partition coefficient (Wildman–Crippen LogP) is -0.829. The van der Waals surface area contributed by atoms with Crippen LogP contribution in [-0.2, 0) is 19.2 Å². The SMILES string of the molecule is O=CC(=O)SC(=O)C=O. The van der Waals surface area contributed by atoms with Crippen molar-refractivity contribution < 1.29 is 19.2 Å². The van der Waals surface area contributed by atoms with Crippen molar-refractivity contribution in [3.05, 3.63) is 0 Å². The van der Waals surface area contributed by atoms with Gasteiger partial charge in [0.15, 0.2) is 12.6 Å². The molecular weight excluding hydrogens is 144 g/mol. The minimum atomic E-state index is -0.952. The number of thioether (sulfide) groups is 1. The average molecular weight is 146 g/mol. The van der Waals surface area contributed by atoms with Gasteiger partial charge >= 0.3 is 0 Å². The van der Waals surface area contributed by atoms with Crippen LogP contribution in [0.15, 0.2) is 0 Å². The van der Waals surface area contributed by atoms with Crippen LogP contribution in [0.3, 0.4) is 0 Å². The molecule has 0 heterocycles. The Hall–Kier alpha value is -0.970. The molecule has 0 rings (SSSR count). The lowest BCUT2D eigenvalue weighted by atomic mass is 10.9. The Labute approximate surface area is 54.6 Å². The summed E-state index contributed by atoms with van der Waals surface area (Å²) >= 11 is 0.0856. The second kappa shape index (κ2) is 3.96. The Morgan fingerprint density at radius 1 is 1.00 bits per heavy atom. The summed E-state index contributed by atoms with van der Waals surface area (Å²) in [5.41, 5.74) is 0. The minimum Gasteiger partial charge on any atom is -0.294 e. The van der Waals surface area contributed by atoms with Gasteiger partial charge in [0, 0.05) is 11.8 Å². The predicted molar refractivity (Wildman–Crippen MR) is 29.7 cm³/mol. The Balaban J connectivity index is 3.73. The maximum absolute atomic E-state index is 10.00. The van der Waals surface area contributed by atoms with Gasteiger partial charge in [0.1, 0.15) is 0 Å². The Kier molecular flexibility index (Phi) is 3.54. The first kappa shape index (κ1) is 8.03. The highest BCUT2D eigenvalue weighted by Crippen LogP contribution is 1.97. The van der Waals surface area contributed by atoms with Gasteiger partial charge in [0.2, 0.25) is 0 Å². The van der Waals surface area contributed by atoms with Gasteiger partial charge in [-0.15, -0.1) is 0 Å². The number of hydrogen-bond acceptors (Lipinski definition) is 5. The molecule has 0 amide bonds. The van der Waals surface area contributed by atoms with E-state index in [1.165, 1.54) is 0 Å². The van der Waals surface area contributed by atoms with E-state index in [2.05, 4.69) is 0 Å². The molecule has 0 aromatic carbocycles. The van der Waals surface area contributed by atoms with E-state index in [1.807, 2.05) is 0 Å². The van der Waals surface area contributed by atoms with Gasteiger partial charge in [0.05, 0.1) is 0 Å². The topological polar surface area (TPSA) is 68.3 Å². The minimum absolute atomic E-state index is 0.0218. The van der Waals surface area contributed by atoms with E-state index in [9.17, 15) is 19.2 Å². The first-order valence-corrected chi connectivity index (χ1v) is 2.68. The van der Waals surface area contributed by atoms with E-state index < -0.39 is 10.2 Å². The zero-order valence-electron chi connectivity index (χ0n) is 4.20. The molecule has 9 heavy (non-hydrogen) atoms. The van der Waals surface area contributed by atoms with Crippen LogP contribution in [0.5, 0.6) is 0 Å². The van der Waals surface area contributed by atoms with E-state index >= 15 is 0 Å². The first-order chi connectivity index (χ1) is 4.20. The molecule has 5 heteroatoms. The highest BCUT2D eigenvalue weighted by Gasteiger charge is 2.06. The van der Waals surface area contributed by atoms with Crippen molar-refractivity contribution in [3.8, 4) is 0 Å². The van der Waals surface area contributed by atoms with Crippen LogP contribution < -0.4 is 0 Å². The van der Waals surface area contributed by atoms with E-state index in [1.54, 1.807) is 0 Å². The summed E-state index contributed by atoms with van der Waals surface area (Å²) in [6.45, 7) is 0. The van der Waals surface area contributed by atoms with Gasteiger partial charge in [-0.1, -0.05) is 0 Å². The van der Waals surface area contributed by atoms with Crippen molar-refractivity contribution in [1.82, 2.24) is 0 Å². The quantitative estimate of drug-likeness (QED) is 0.375. The van der Waals surface area contributed by atoms with Crippen LogP contribution in [0.4, 0.5) is 0 Å². The summed E-state index contributed by atoms with van der Waals surface area (Å²) in [6.07, 6.45) is -0.0435. The van der Waals surface area contributed by atoms with E-state index in [0.29, 0.717) is 0 Å². The van der Waals surface area contributed by atoms with Crippen LogP contribution in [-0.4, -0.2) is 22.8 Å². The lowest BCUT2D eigenvalue weighted by Crippen LogP contribution is -2.00. The van der Waals surface area contributed by atoms with Crippen molar-refractivity contribution >= 4 is 34.6 Å². The second-order valence-electron chi connectivity index (χ2n) is 0.976. The molecule has 0 spiro atoms. The van der Waals surface area contributed by atoms with Crippen molar-refractivity contribution in [1.29, 1.82) is 0 Å². The maximum atomic E-state index is 10.00. The standard InChI is InChI=1S/C4H2O4S/c5-1-3(7)9-4(8)2-6/h1-2H. The maximum Gasteiger partial charge on any atom is 0.259 e. The highest BCUT2D eigenvalue weighted by molar-refractivity contribution is 8.28. The molecule has 0 saturated carbocycles. The van der Waals surface area contributed by atoms with Crippen molar-refractivity contribution in [2.24, 2.45) is 0 Å². The number of rotatable bonds is 2. The second-order valence-corrected chi connectivity index (χ2v) is 1.98. The molecule has 0 aliphatic rings. The molecule has 0 fully saturated rings. The molecule has 0 saturated heterocycles. The fourth-order valence-corrected chi connectivity index (χ4v) is 0.442. The lowest BCUT2D eigenvalue weighted by Gasteiger charge is -1.79. The molecule has 0 radical (unpaired) electrons. The van der Waals surface area contributed by atoms with Gasteiger partial charge in [-0.25, -0.2) is 0 Å². The molecule has 0 aliphatic heterocycles. The van der Waals surface area contributed by atoms with E-state index in [0.717, 1.165) is 0 Å². The van der Waals surface area contributed by atoms with Crippen LogP contribution >= 0.6 is 11.8 Å². The van der Waals surface area contributed by atoms with Crippen LogP contribution in [0.1, 0.15) is 0 Å². The molecular formula is C4H2O4S. The van der Waals surface area contributed by atoms with Gasteiger partial charge < -0.3 is 0 Å². The van der Waals surface area contributed by atoms with Crippen molar-refractivity contribution in [3.63, 3.8) is 0 Å². The average Bonchev–Trinajstić information content (AvgIpc) is 1.87.